The molecule has 2 N–H and O–H groups in total. The molecule has 2 aromatic rings. The summed E-state index contributed by atoms with van der Waals surface area (Å²) in [7, 11) is 0. The summed E-state index contributed by atoms with van der Waals surface area (Å²) in [5.41, 5.74) is 6.26. The second-order valence-electron chi connectivity index (χ2n) is 3.97. The van der Waals surface area contributed by atoms with Gasteiger partial charge in [0.15, 0.2) is 0 Å². The molecule has 0 saturated heterocycles. The SMILES string of the molecule is CCCc1nc(N)cc(-c2ccc(F)cc2F)n1. The van der Waals surface area contributed by atoms with Crippen LogP contribution < -0.4 is 5.73 Å². The lowest BCUT2D eigenvalue weighted by atomic mass is 10.1. The first-order chi connectivity index (χ1) is 8.60. The van der Waals surface area contributed by atoms with Gasteiger partial charge in [0.1, 0.15) is 23.3 Å². The zero-order valence-electron chi connectivity index (χ0n) is 9.95. The standard InChI is InChI=1S/C13H13F2N3/c1-2-3-13-17-11(7-12(16)18-13)9-5-4-8(14)6-10(9)15/h4-7H,2-3H2,1H3,(H2,16,17,18). The average molecular weight is 249 g/mol. The fraction of sp³-hybridized carbons (Fsp3) is 0.231. The molecule has 3 nitrogen and oxygen atoms in total. The molecule has 2 rings (SSSR count). The molecule has 0 unspecified atom stereocenters. The van der Waals surface area contributed by atoms with Gasteiger partial charge in [-0.15, -0.1) is 0 Å². The Balaban J connectivity index is 2.49. The fourth-order valence-electron chi connectivity index (χ4n) is 1.69. The van der Waals surface area contributed by atoms with E-state index in [0.717, 1.165) is 12.5 Å². The number of aryl methyl sites for hydroxylation is 1. The zero-order chi connectivity index (χ0) is 13.1. The number of aromatic nitrogens is 2. The maximum Gasteiger partial charge on any atom is 0.135 e. The summed E-state index contributed by atoms with van der Waals surface area (Å²) in [4.78, 5) is 8.30. The smallest absolute Gasteiger partial charge is 0.135 e. The molecule has 0 bridgehead atoms. The first-order valence-electron chi connectivity index (χ1n) is 5.69. The molecule has 0 aliphatic carbocycles. The maximum absolute atomic E-state index is 13.6. The van der Waals surface area contributed by atoms with Crippen LogP contribution >= 0.6 is 0 Å². The number of nitrogen functional groups attached to an aromatic ring is 1. The van der Waals surface area contributed by atoms with Crippen molar-refractivity contribution in [2.75, 3.05) is 5.73 Å². The van der Waals surface area contributed by atoms with E-state index in [-0.39, 0.29) is 11.4 Å². The summed E-state index contributed by atoms with van der Waals surface area (Å²) >= 11 is 0. The molecule has 1 heterocycles. The van der Waals surface area contributed by atoms with Crippen molar-refractivity contribution < 1.29 is 8.78 Å². The maximum atomic E-state index is 13.6. The highest BCUT2D eigenvalue weighted by atomic mass is 19.1. The Morgan fingerprint density at radius 2 is 1.94 bits per heavy atom. The van der Waals surface area contributed by atoms with Crippen molar-refractivity contribution in [1.29, 1.82) is 0 Å². The topological polar surface area (TPSA) is 51.8 Å². The Morgan fingerprint density at radius 3 is 2.61 bits per heavy atom. The van der Waals surface area contributed by atoms with Crippen LogP contribution in [0.2, 0.25) is 0 Å². The van der Waals surface area contributed by atoms with E-state index < -0.39 is 11.6 Å². The van der Waals surface area contributed by atoms with E-state index in [1.54, 1.807) is 0 Å². The first kappa shape index (κ1) is 12.4. The van der Waals surface area contributed by atoms with Gasteiger partial charge >= 0.3 is 0 Å². The number of hydrogen-bond donors (Lipinski definition) is 1. The molecule has 0 aliphatic rings. The Kier molecular flexibility index (Phi) is 3.50. The normalized spacial score (nSPS) is 10.6. The molecule has 0 amide bonds. The van der Waals surface area contributed by atoms with Crippen molar-refractivity contribution >= 4 is 5.82 Å². The number of halogens is 2. The van der Waals surface area contributed by atoms with E-state index in [0.29, 0.717) is 17.9 Å². The highest BCUT2D eigenvalue weighted by molar-refractivity contribution is 5.62. The van der Waals surface area contributed by atoms with Gasteiger partial charge in [-0.1, -0.05) is 6.92 Å². The Bertz CT molecular complexity index is 570. The number of rotatable bonds is 3. The first-order valence-corrected chi connectivity index (χ1v) is 5.69. The molecule has 0 aliphatic heterocycles. The molecule has 1 aromatic heterocycles. The predicted molar refractivity (Wildman–Crippen MR) is 65.8 cm³/mol. The Morgan fingerprint density at radius 1 is 1.17 bits per heavy atom. The van der Waals surface area contributed by atoms with Crippen LogP contribution in [0.3, 0.4) is 0 Å². The van der Waals surface area contributed by atoms with Crippen molar-refractivity contribution in [2.24, 2.45) is 0 Å². The number of hydrogen-bond acceptors (Lipinski definition) is 3. The van der Waals surface area contributed by atoms with Crippen molar-refractivity contribution in [1.82, 2.24) is 9.97 Å². The summed E-state index contributed by atoms with van der Waals surface area (Å²) in [6.07, 6.45) is 1.54. The van der Waals surface area contributed by atoms with Crippen LogP contribution in [-0.4, -0.2) is 9.97 Å². The summed E-state index contributed by atoms with van der Waals surface area (Å²) in [5.74, 6) is -0.425. The van der Waals surface area contributed by atoms with Gasteiger partial charge < -0.3 is 5.73 Å². The molecule has 18 heavy (non-hydrogen) atoms. The second-order valence-corrected chi connectivity index (χ2v) is 3.97. The van der Waals surface area contributed by atoms with Gasteiger partial charge in [-0.25, -0.2) is 18.7 Å². The van der Waals surface area contributed by atoms with E-state index in [9.17, 15) is 8.78 Å². The van der Waals surface area contributed by atoms with Crippen LogP contribution in [0.5, 0.6) is 0 Å². The monoisotopic (exact) mass is 249 g/mol. The molecule has 1 aromatic carbocycles. The number of benzene rings is 1. The second kappa shape index (κ2) is 5.08. The average Bonchev–Trinajstić information content (AvgIpc) is 2.28. The molecule has 0 atom stereocenters. The van der Waals surface area contributed by atoms with Crippen LogP contribution in [0.4, 0.5) is 14.6 Å². The molecular weight excluding hydrogens is 236 g/mol. The summed E-state index contributed by atoms with van der Waals surface area (Å²) in [5, 5.41) is 0. The minimum absolute atomic E-state index is 0.225. The Labute approximate surface area is 104 Å². The van der Waals surface area contributed by atoms with Gasteiger partial charge in [-0.3, -0.25) is 0 Å². The minimum Gasteiger partial charge on any atom is -0.384 e. The van der Waals surface area contributed by atoms with Crippen molar-refractivity contribution in [3.05, 3.63) is 41.7 Å². The van der Waals surface area contributed by atoms with Crippen molar-refractivity contribution in [3.8, 4) is 11.3 Å². The van der Waals surface area contributed by atoms with E-state index in [1.807, 2.05) is 6.92 Å². The lowest BCUT2D eigenvalue weighted by molar-refractivity contribution is 0.585. The molecule has 94 valence electrons. The fourth-order valence-corrected chi connectivity index (χ4v) is 1.69. The molecule has 5 heteroatoms. The molecular formula is C13H13F2N3. The third-order valence-corrected chi connectivity index (χ3v) is 2.47. The van der Waals surface area contributed by atoms with E-state index in [2.05, 4.69) is 9.97 Å². The van der Waals surface area contributed by atoms with Crippen LogP contribution in [-0.2, 0) is 6.42 Å². The summed E-state index contributed by atoms with van der Waals surface area (Å²) < 4.78 is 26.5. The van der Waals surface area contributed by atoms with Gasteiger partial charge in [0.05, 0.1) is 5.69 Å². The highest BCUT2D eigenvalue weighted by Crippen LogP contribution is 2.23. The number of nitrogens with zero attached hydrogens (tertiary/aromatic N) is 2. The third kappa shape index (κ3) is 2.61. The zero-order valence-corrected chi connectivity index (χ0v) is 9.95. The molecule has 0 saturated carbocycles. The van der Waals surface area contributed by atoms with Gasteiger partial charge in [0.25, 0.3) is 0 Å². The predicted octanol–water partition coefficient (Wildman–Crippen LogP) is 2.96. The van der Waals surface area contributed by atoms with Crippen LogP contribution in [0, 0.1) is 11.6 Å². The van der Waals surface area contributed by atoms with Crippen LogP contribution in [0.1, 0.15) is 19.2 Å². The van der Waals surface area contributed by atoms with Gasteiger partial charge in [0.2, 0.25) is 0 Å². The molecule has 0 fully saturated rings. The lowest BCUT2D eigenvalue weighted by Crippen LogP contribution is -2.02. The number of nitrogens with two attached hydrogens (primary N) is 1. The quantitative estimate of drug-likeness (QED) is 0.909. The van der Waals surface area contributed by atoms with Crippen molar-refractivity contribution in [3.63, 3.8) is 0 Å². The highest BCUT2D eigenvalue weighted by Gasteiger charge is 2.10. The summed E-state index contributed by atoms with van der Waals surface area (Å²) in [6, 6.07) is 4.85. The molecule has 0 spiro atoms. The van der Waals surface area contributed by atoms with E-state index in [1.165, 1.54) is 18.2 Å². The van der Waals surface area contributed by atoms with Gasteiger partial charge in [-0.2, -0.15) is 0 Å². The largest absolute Gasteiger partial charge is 0.384 e. The summed E-state index contributed by atoms with van der Waals surface area (Å²) in [6.45, 7) is 1.99. The Hall–Kier alpha value is -2.04. The van der Waals surface area contributed by atoms with Crippen molar-refractivity contribution in [2.45, 2.75) is 19.8 Å². The van der Waals surface area contributed by atoms with Crippen LogP contribution in [0.25, 0.3) is 11.3 Å². The number of anilines is 1. The van der Waals surface area contributed by atoms with Crippen LogP contribution in [0.15, 0.2) is 24.3 Å². The van der Waals surface area contributed by atoms with Gasteiger partial charge in [-0.05, 0) is 18.6 Å². The van der Waals surface area contributed by atoms with E-state index >= 15 is 0 Å². The van der Waals surface area contributed by atoms with E-state index in [4.69, 9.17) is 5.73 Å². The lowest BCUT2D eigenvalue weighted by Gasteiger charge is -2.06. The minimum atomic E-state index is -0.657. The van der Waals surface area contributed by atoms with Gasteiger partial charge in [0, 0.05) is 24.1 Å². The third-order valence-electron chi connectivity index (χ3n) is 2.47. The molecule has 0 radical (unpaired) electrons.